The minimum atomic E-state index is -0.247. The van der Waals surface area contributed by atoms with Gasteiger partial charge in [-0.3, -0.25) is 4.79 Å². The van der Waals surface area contributed by atoms with Gasteiger partial charge in [-0.05, 0) is 52.1 Å². The number of rotatable bonds is 2. The van der Waals surface area contributed by atoms with Crippen molar-refractivity contribution < 1.29 is 19.4 Å². The van der Waals surface area contributed by atoms with E-state index in [0.29, 0.717) is 6.42 Å². The number of ketones is 1. The van der Waals surface area contributed by atoms with Gasteiger partial charge in [0.15, 0.2) is 5.78 Å². The van der Waals surface area contributed by atoms with Gasteiger partial charge in [0.25, 0.3) is 0 Å². The van der Waals surface area contributed by atoms with E-state index in [9.17, 15) is 9.90 Å². The van der Waals surface area contributed by atoms with Crippen LogP contribution >= 0.6 is 0 Å². The second kappa shape index (κ2) is 6.63. The van der Waals surface area contributed by atoms with Gasteiger partial charge in [0, 0.05) is 29.9 Å². The molecule has 2 aliphatic rings. The summed E-state index contributed by atoms with van der Waals surface area (Å²) in [7, 11) is 1.64. The van der Waals surface area contributed by atoms with E-state index in [1.807, 2.05) is 42.5 Å². The summed E-state index contributed by atoms with van der Waals surface area (Å²) in [5.74, 6) is 2.36. The zero-order valence-corrected chi connectivity index (χ0v) is 17.4. The Morgan fingerprint density at radius 2 is 1.77 bits per heavy atom. The fourth-order valence-electron chi connectivity index (χ4n) is 4.80. The summed E-state index contributed by atoms with van der Waals surface area (Å²) in [6.07, 6.45) is 1.21. The van der Waals surface area contributed by atoms with E-state index < -0.39 is 0 Å². The third-order valence-corrected chi connectivity index (χ3v) is 6.15. The number of aromatic hydroxyl groups is 1. The molecule has 0 spiro atoms. The molecule has 3 aromatic carbocycles. The van der Waals surface area contributed by atoms with Crippen molar-refractivity contribution in [2.45, 2.75) is 32.6 Å². The number of allylic oxidation sites excluding steroid dienone is 2. The Morgan fingerprint density at radius 1 is 1.03 bits per heavy atom. The molecule has 1 aliphatic heterocycles. The number of carbonyl (C=O) groups excluding carboxylic acids is 1. The predicted octanol–water partition coefficient (Wildman–Crippen LogP) is 5.72. The molecule has 4 heteroatoms. The van der Waals surface area contributed by atoms with Crippen molar-refractivity contribution in [3.8, 4) is 17.2 Å². The summed E-state index contributed by atoms with van der Waals surface area (Å²) in [5, 5.41) is 12.1. The second-order valence-electron chi connectivity index (χ2n) is 8.97. The molecule has 30 heavy (non-hydrogen) atoms. The van der Waals surface area contributed by atoms with Crippen LogP contribution in [-0.2, 0) is 4.79 Å². The van der Waals surface area contributed by atoms with Gasteiger partial charge in [-0.25, -0.2) is 0 Å². The number of methoxy groups -OCH3 is 1. The molecule has 0 radical (unpaired) electrons. The van der Waals surface area contributed by atoms with Gasteiger partial charge >= 0.3 is 0 Å². The van der Waals surface area contributed by atoms with Crippen LogP contribution in [0.1, 0.15) is 43.7 Å². The summed E-state index contributed by atoms with van der Waals surface area (Å²) in [6, 6.07) is 17.2. The lowest BCUT2D eigenvalue weighted by Gasteiger charge is -2.38. The van der Waals surface area contributed by atoms with Gasteiger partial charge in [0.1, 0.15) is 23.0 Å². The first kappa shape index (κ1) is 18.7. The minimum absolute atomic E-state index is 0.130. The largest absolute Gasteiger partial charge is 0.508 e. The topological polar surface area (TPSA) is 55.8 Å². The maximum atomic E-state index is 13.4. The first-order valence-electron chi connectivity index (χ1n) is 10.2. The van der Waals surface area contributed by atoms with E-state index in [4.69, 9.17) is 9.47 Å². The molecule has 4 nitrogen and oxygen atoms in total. The van der Waals surface area contributed by atoms with E-state index in [-0.39, 0.29) is 22.9 Å². The smallest absolute Gasteiger partial charge is 0.163 e. The van der Waals surface area contributed by atoms with E-state index in [1.165, 1.54) is 0 Å². The van der Waals surface area contributed by atoms with Crippen molar-refractivity contribution in [1.29, 1.82) is 0 Å². The Balaban J connectivity index is 1.80. The highest BCUT2D eigenvalue weighted by atomic mass is 16.5. The minimum Gasteiger partial charge on any atom is -0.508 e. The lowest BCUT2D eigenvalue weighted by atomic mass is 9.69. The quantitative estimate of drug-likeness (QED) is 0.598. The summed E-state index contributed by atoms with van der Waals surface area (Å²) in [4.78, 5) is 13.4. The molecule has 3 aromatic rings. The van der Waals surface area contributed by atoms with E-state index >= 15 is 0 Å². The highest BCUT2D eigenvalue weighted by Gasteiger charge is 2.42. The number of hydrogen-bond donors (Lipinski definition) is 1. The molecule has 0 aromatic heterocycles. The average molecular weight is 400 g/mol. The van der Waals surface area contributed by atoms with Crippen molar-refractivity contribution in [3.05, 3.63) is 77.1 Å². The average Bonchev–Trinajstić information content (AvgIpc) is 2.71. The maximum absolute atomic E-state index is 13.4. The third-order valence-electron chi connectivity index (χ3n) is 6.15. The first-order chi connectivity index (χ1) is 14.4. The van der Waals surface area contributed by atoms with Gasteiger partial charge in [0.2, 0.25) is 0 Å². The molecule has 0 fully saturated rings. The molecule has 0 bridgehead atoms. The molecule has 0 saturated heterocycles. The van der Waals surface area contributed by atoms with Crippen LogP contribution in [0.4, 0.5) is 0 Å². The number of hydrogen-bond acceptors (Lipinski definition) is 4. The van der Waals surface area contributed by atoms with Crippen LogP contribution in [0, 0.1) is 5.41 Å². The molecule has 0 amide bonds. The Hall–Kier alpha value is -3.27. The Kier molecular flexibility index (Phi) is 4.14. The fourth-order valence-corrected chi connectivity index (χ4v) is 4.80. The van der Waals surface area contributed by atoms with Crippen molar-refractivity contribution in [2.24, 2.45) is 5.41 Å². The summed E-state index contributed by atoms with van der Waals surface area (Å²) in [6.45, 7) is 4.21. The molecule has 1 atom stereocenters. The molecular weight excluding hydrogens is 376 g/mol. The van der Waals surface area contributed by atoms with Crippen LogP contribution in [0.25, 0.3) is 10.8 Å². The van der Waals surface area contributed by atoms with Gasteiger partial charge in [-0.2, -0.15) is 0 Å². The molecule has 1 aliphatic carbocycles. The van der Waals surface area contributed by atoms with Gasteiger partial charge in [-0.15, -0.1) is 0 Å². The van der Waals surface area contributed by atoms with Crippen LogP contribution in [0.3, 0.4) is 0 Å². The van der Waals surface area contributed by atoms with Crippen molar-refractivity contribution in [1.82, 2.24) is 0 Å². The van der Waals surface area contributed by atoms with E-state index in [2.05, 4.69) is 13.8 Å². The summed E-state index contributed by atoms with van der Waals surface area (Å²) in [5.41, 5.74) is 2.55. The lowest BCUT2D eigenvalue weighted by Crippen LogP contribution is -2.33. The fraction of sp³-hybridized carbons (Fsp3) is 0.269. The molecule has 5 rings (SSSR count). The summed E-state index contributed by atoms with van der Waals surface area (Å²) >= 11 is 0. The van der Waals surface area contributed by atoms with E-state index in [1.54, 1.807) is 19.2 Å². The number of ether oxygens (including phenoxy) is 2. The van der Waals surface area contributed by atoms with Gasteiger partial charge in [-0.1, -0.05) is 38.1 Å². The first-order valence-corrected chi connectivity index (χ1v) is 10.2. The lowest BCUT2D eigenvalue weighted by molar-refractivity contribution is -0.118. The summed E-state index contributed by atoms with van der Waals surface area (Å²) < 4.78 is 11.7. The molecule has 1 heterocycles. The number of benzene rings is 3. The van der Waals surface area contributed by atoms with Crippen LogP contribution in [0.2, 0.25) is 0 Å². The molecule has 1 N–H and O–H groups in total. The Morgan fingerprint density at radius 3 is 2.50 bits per heavy atom. The van der Waals surface area contributed by atoms with Gasteiger partial charge < -0.3 is 14.6 Å². The van der Waals surface area contributed by atoms with Crippen molar-refractivity contribution in [3.63, 3.8) is 0 Å². The molecular formula is C26H24O4. The zero-order valence-electron chi connectivity index (χ0n) is 17.4. The van der Waals surface area contributed by atoms with Crippen LogP contribution in [0.5, 0.6) is 17.2 Å². The zero-order chi connectivity index (χ0) is 21.0. The highest BCUT2D eigenvalue weighted by Crippen LogP contribution is 2.52. The van der Waals surface area contributed by atoms with Gasteiger partial charge in [0.05, 0.1) is 7.11 Å². The predicted molar refractivity (Wildman–Crippen MR) is 116 cm³/mol. The monoisotopic (exact) mass is 400 g/mol. The maximum Gasteiger partial charge on any atom is 0.163 e. The van der Waals surface area contributed by atoms with Crippen LogP contribution in [0.15, 0.2) is 65.9 Å². The SMILES string of the molecule is COc1ccc(C2C3=C(CC(C)(C)CC3=O)Oc3ccc4ccc(O)cc4c32)cc1. The van der Waals surface area contributed by atoms with E-state index in [0.717, 1.165) is 51.2 Å². The number of phenols is 1. The van der Waals surface area contributed by atoms with Crippen LogP contribution < -0.4 is 9.47 Å². The number of Topliss-reactive ketones (excluding diaryl/α,β-unsaturated/α-hetero) is 1. The number of phenolic OH excluding ortho intramolecular Hbond substituents is 1. The normalized spacial score (nSPS) is 19.8. The Labute approximate surface area is 175 Å². The highest BCUT2D eigenvalue weighted by molar-refractivity contribution is 6.02. The molecule has 152 valence electrons. The third kappa shape index (κ3) is 2.95. The Bertz CT molecular complexity index is 1200. The van der Waals surface area contributed by atoms with Crippen LogP contribution in [-0.4, -0.2) is 18.0 Å². The molecule has 0 saturated carbocycles. The molecule has 1 unspecified atom stereocenters. The second-order valence-corrected chi connectivity index (χ2v) is 8.97. The number of fused-ring (bicyclic) bond motifs is 3. The number of carbonyl (C=O) groups is 1. The van der Waals surface area contributed by atoms with Crippen molar-refractivity contribution in [2.75, 3.05) is 7.11 Å². The standard InChI is InChI=1S/C26H24O4/c1-26(2)13-20(28)25-22(14-26)30-21-11-7-15-4-8-17(27)12-19(15)24(21)23(25)16-5-9-18(29-3)10-6-16/h4-12,23,27H,13-14H2,1-3H3. The van der Waals surface area contributed by atoms with Crippen molar-refractivity contribution >= 4 is 16.6 Å².